The molecule has 5 nitrogen and oxygen atoms in total. The van der Waals surface area contributed by atoms with Crippen molar-refractivity contribution in [3.8, 4) is 0 Å². The number of sulfonamides is 1. The maximum Gasteiger partial charge on any atom is 0.335 e. The van der Waals surface area contributed by atoms with Gasteiger partial charge < -0.3 is 5.11 Å². The first-order chi connectivity index (χ1) is 9.40. The van der Waals surface area contributed by atoms with Crippen molar-refractivity contribution in [3.05, 3.63) is 59.9 Å². The number of halogens is 1. The summed E-state index contributed by atoms with van der Waals surface area (Å²) in [7, 11) is -3.91. The molecule has 0 saturated carbocycles. The van der Waals surface area contributed by atoms with E-state index in [-0.39, 0.29) is 16.1 Å². The predicted molar refractivity (Wildman–Crippen MR) is 70.6 cm³/mol. The molecule has 0 aromatic heterocycles. The fourth-order valence-corrected chi connectivity index (χ4v) is 2.62. The van der Waals surface area contributed by atoms with Crippen LogP contribution in [0.4, 0.5) is 10.1 Å². The van der Waals surface area contributed by atoms with Crippen molar-refractivity contribution in [2.45, 2.75) is 4.90 Å². The molecule has 0 bridgehead atoms. The molecule has 0 aliphatic heterocycles. The SMILES string of the molecule is O=C(O)c1ccc(NS(=O)(=O)c2ccccc2)c(F)c1. The zero-order valence-electron chi connectivity index (χ0n) is 10.1. The van der Waals surface area contributed by atoms with Gasteiger partial charge in [-0.1, -0.05) is 18.2 Å². The summed E-state index contributed by atoms with van der Waals surface area (Å²) < 4.78 is 39.7. The van der Waals surface area contributed by atoms with Crippen LogP contribution in [0.25, 0.3) is 0 Å². The number of carboxylic acids is 1. The lowest BCUT2D eigenvalue weighted by atomic mass is 10.2. The van der Waals surface area contributed by atoms with Crippen molar-refractivity contribution in [1.29, 1.82) is 0 Å². The molecule has 0 amide bonds. The summed E-state index contributed by atoms with van der Waals surface area (Å²) in [6.07, 6.45) is 0. The fourth-order valence-electron chi connectivity index (χ4n) is 1.53. The Bertz CT molecular complexity index is 744. The predicted octanol–water partition coefficient (Wildman–Crippen LogP) is 2.32. The Morgan fingerprint density at radius 2 is 1.75 bits per heavy atom. The maximum absolute atomic E-state index is 13.7. The molecule has 0 atom stereocenters. The van der Waals surface area contributed by atoms with E-state index < -0.39 is 21.8 Å². The number of hydrogen-bond donors (Lipinski definition) is 2. The van der Waals surface area contributed by atoms with Crippen molar-refractivity contribution in [1.82, 2.24) is 0 Å². The molecule has 0 aliphatic carbocycles. The van der Waals surface area contributed by atoms with Crippen molar-refractivity contribution >= 4 is 21.7 Å². The molecule has 7 heteroatoms. The average molecular weight is 295 g/mol. The van der Waals surface area contributed by atoms with Gasteiger partial charge in [-0.15, -0.1) is 0 Å². The lowest BCUT2D eigenvalue weighted by molar-refractivity contribution is 0.0696. The van der Waals surface area contributed by atoms with Gasteiger partial charge in [0.2, 0.25) is 0 Å². The highest BCUT2D eigenvalue weighted by molar-refractivity contribution is 7.92. The first-order valence-electron chi connectivity index (χ1n) is 5.51. The van der Waals surface area contributed by atoms with Crippen LogP contribution in [-0.4, -0.2) is 19.5 Å². The number of rotatable bonds is 4. The Morgan fingerprint density at radius 1 is 1.10 bits per heavy atom. The number of hydrogen-bond acceptors (Lipinski definition) is 3. The Labute approximate surface area is 114 Å². The standard InChI is InChI=1S/C13H10FNO4S/c14-11-8-9(13(16)17)6-7-12(11)15-20(18,19)10-4-2-1-3-5-10/h1-8,15H,(H,16,17). The second-order valence-corrected chi connectivity index (χ2v) is 5.60. The molecule has 0 saturated heterocycles. The molecule has 20 heavy (non-hydrogen) atoms. The van der Waals surface area contributed by atoms with Crippen LogP contribution in [-0.2, 0) is 10.0 Å². The lowest BCUT2D eigenvalue weighted by Crippen LogP contribution is -2.14. The first-order valence-corrected chi connectivity index (χ1v) is 6.99. The molecule has 2 rings (SSSR count). The van der Waals surface area contributed by atoms with Gasteiger partial charge in [0.05, 0.1) is 16.1 Å². The van der Waals surface area contributed by atoms with Gasteiger partial charge in [0, 0.05) is 0 Å². The minimum Gasteiger partial charge on any atom is -0.478 e. The third-order valence-electron chi connectivity index (χ3n) is 2.51. The highest BCUT2D eigenvalue weighted by atomic mass is 32.2. The van der Waals surface area contributed by atoms with Gasteiger partial charge in [-0.25, -0.2) is 17.6 Å². The van der Waals surface area contributed by atoms with Crippen molar-refractivity contribution < 1.29 is 22.7 Å². The Kier molecular flexibility index (Phi) is 3.71. The summed E-state index contributed by atoms with van der Waals surface area (Å²) in [4.78, 5) is 10.7. The monoisotopic (exact) mass is 295 g/mol. The van der Waals surface area contributed by atoms with E-state index in [9.17, 15) is 17.6 Å². The van der Waals surface area contributed by atoms with Crippen LogP contribution in [0, 0.1) is 5.82 Å². The molecule has 0 aliphatic rings. The number of carbonyl (C=O) groups is 1. The summed E-state index contributed by atoms with van der Waals surface area (Å²) in [6.45, 7) is 0. The quantitative estimate of drug-likeness (QED) is 0.906. The number of anilines is 1. The van der Waals surface area contributed by atoms with E-state index in [0.717, 1.165) is 18.2 Å². The van der Waals surface area contributed by atoms with Crippen LogP contribution in [0.2, 0.25) is 0 Å². The third-order valence-corrected chi connectivity index (χ3v) is 3.90. The maximum atomic E-state index is 13.7. The van der Waals surface area contributed by atoms with Gasteiger partial charge in [-0.2, -0.15) is 0 Å². The van der Waals surface area contributed by atoms with E-state index in [2.05, 4.69) is 4.72 Å². The largest absolute Gasteiger partial charge is 0.478 e. The third kappa shape index (κ3) is 2.94. The van der Waals surface area contributed by atoms with Crippen molar-refractivity contribution in [3.63, 3.8) is 0 Å². The number of benzene rings is 2. The highest BCUT2D eigenvalue weighted by Crippen LogP contribution is 2.20. The summed E-state index contributed by atoms with van der Waals surface area (Å²) in [5.74, 6) is -2.24. The van der Waals surface area contributed by atoms with Crippen LogP contribution >= 0.6 is 0 Å². The normalized spacial score (nSPS) is 11.1. The summed E-state index contributed by atoms with van der Waals surface area (Å²) >= 11 is 0. The molecular weight excluding hydrogens is 285 g/mol. The van der Waals surface area contributed by atoms with Gasteiger partial charge in [0.1, 0.15) is 5.82 Å². The number of carboxylic acid groups (broad SMARTS) is 1. The summed E-state index contributed by atoms with van der Waals surface area (Å²) in [5.41, 5.74) is -0.566. The minimum absolute atomic E-state index is 0.0123. The second-order valence-electron chi connectivity index (χ2n) is 3.92. The van der Waals surface area contributed by atoms with Crippen LogP contribution in [0.15, 0.2) is 53.4 Å². The minimum atomic E-state index is -3.91. The van der Waals surface area contributed by atoms with Crippen LogP contribution in [0.1, 0.15) is 10.4 Å². The molecule has 0 spiro atoms. The molecule has 0 fully saturated rings. The van der Waals surface area contributed by atoms with E-state index in [1.807, 2.05) is 0 Å². The van der Waals surface area contributed by atoms with E-state index in [1.54, 1.807) is 18.2 Å². The first kappa shape index (κ1) is 14.0. The molecular formula is C13H10FNO4S. The van der Waals surface area contributed by atoms with E-state index >= 15 is 0 Å². The Hall–Kier alpha value is -2.41. The summed E-state index contributed by atoms with van der Waals surface area (Å²) in [6, 6.07) is 10.4. The molecule has 0 heterocycles. The number of nitrogens with one attached hydrogen (secondary N) is 1. The fraction of sp³-hybridized carbons (Fsp3) is 0. The molecule has 2 aromatic carbocycles. The van der Waals surface area contributed by atoms with Gasteiger partial charge >= 0.3 is 5.97 Å². The Morgan fingerprint density at radius 3 is 2.30 bits per heavy atom. The molecule has 2 aromatic rings. The lowest BCUT2D eigenvalue weighted by Gasteiger charge is -2.09. The zero-order valence-corrected chi connectivity index (χ0v) is 10.9. The van der Waals surface area contributed by atoms with Gasteiger partial charge in [-0.3, -0.25) is 4.72 Å². The Balaban J connectivity index is 2.33. The molecule has 0 radical (unpaired) electrons. The van der Waals surface area contributed by atoms with Gasteiger partial charge in [0.25, 0.3) is 10.0 Å². The average Bonchev–Trinajstić information content (AvgIpc) is 2.41. The van der Waals surface area contributed by atoms with Gasteiger partial charge in [-0.05, 0) is 30.3 Å². The molecule has 2 N–H and O–H groups in total. The van der Waals surface area contributed by atoms with Crippen molar-refractivity contribution in [2.24, 2.45) is 0 Å². The second kappa shape index (κ2) is 5.30. The van der Waals surface area contributed by atoms with E-state index in [1.165, 1.54) is 12.1 Å². The van der Waals surface area contributed by atoms with Crippen molar-refractivity contribution in [2.75, 3.05) is 4.72 Å². The highest BCUT2D eigenvalue weighted by Gasteiger charge is 2.16. The van der Waals surface area contributed by atoms with E-state index in [0.29, 0.717) is 0 Å². The van der Waals surface area contributed by atoms with Crippen LogP contribution in [0.5, 0.6) is 0 Å². The zero-order chi connectivity index (χ0) is 14.8. The number of aromatic carboxylic acids is 1. The molecule has 104 valence electrons. The smallest absolute Gasteiger partial charge is 0.335 e. The van der Waals surface area contributed by atoms with Gasteiger partial charge in [0.15, 0.2) is 0 Å². The topological polar surface area (TPSA) is 83.5 Å². The van der Waals surface area contributed by atoms with Crippen LogP contribution < -0.4 is 4.72 Å². The summed E-state index contributed by atoms with van der Waals surface area (Å²) in [5, 5.41) is 8.71. The molecule has 0 unspecified atom stereocenters. The van der Waals surface area contributed by atoms with Crippen LogP contribution in [0.3, 0.4) is 0 Å². The van der Waals surface area contributed by atoms with E-state index in [4.69, 9.17) is 5.11 Å².